The van der Waals surface area contributed by atoms with Crippen molar-refractivity contribution in [1.82, 2.24) is 15.2 Å². The number of aromatic hydroxyl groups is 1. The van der Waals surface area contributed by atoms with Gasteiger partial charge in [0.2, 0.25) is 0 Å². The third kappa shape index (κ3) is 3.67. The van der Waals surface area contributed by atoms with Gasteiger partial charge >= 0.3 is 0 Å². The molecular weight excluding hydrogens is 362 g/mol. The van der Waals surface area contributed by atoms with Gasteiger partial charge in [-0.2, -0.15) is 0 Å². The number of allylic oxidation sites excluding steroid dienone is 1. The van der Waals surface area contributed by atoms with Gasteiger partial charge in [0.05, 0.1) is 11.3 Å². The lowest BCUT2D eigenvalue weighted by atomic mass is 9.68. The Bertz CT molecular complexity index is 924. The number of phenols is 1. The lowest BCUT2D eigenvalue weighted by molar-refractivity contribution is 0.0772. The van der Waals surface area contributed by atoms with Crippen LogP contribution < -0.4 is 5.32 Å². The Morgan fingerprint density at radius 2 is 1.93 bits per heavy atom. The van der Waals surface area contributed by atoms with Crippen molar-refractivity contribution in [3.05, 3.63) is 65.0 Å². The second-order valence-electron chi connectivity index (χ2n) is 8.07. The molecule has 1 aliphatic carbocycles. The first-order valence-electron chi connectivity index (χ1n) is 10.6. The van der Waals surface area contributed by atoms with E-state index in [-0.39, 0.29) is 11.3 Å². The number of pyridine rings is 1. The fourth-order valence-corrected chi connectivity index (χ4v) is 4.67. The summed E-state index contributed by atoms with van der Waals surface area (Å²) in [5.74, 6) is 0.298. The zero-order valence-electron chi connectivity index (χ0n) is 17.2. The van der Waals surface area contributed by atoms with Crippen molar-refractivity contribution >= 4 is 11.5 Å². The van der Waals surface area contributed by atoms with Gasteiger partial charge in [0.1, 0.15) is 5.75 Å². The summed E-state index contributed by atoms with van der Waals surface area (Å²) in [5.41, 5.74) is 4.54. The molecule has 1 aromatic carbocycles. The number of hydrogen-bond donors (Lipinski definition) is 2. The fraction of sp³-hybridized carbons (Fsp3) is 0.417. The normalized spacial score (nSPS) is 17.5. The van der Waals surface area contributed by atoms with E-state index in [0.717, 1.165) is 49.2 Å². The molecule has 0 atom stereocenters. The van der Waals surface area contributed by atoms with E-state index >= 15 is 0 Å². The summed E-state index contributed by atoms with van der Waals surface area (Å²) in [6, 6.07) is 9.55. The Labute approximate surface area is 172 Å². The van der Waals surface area contributed by atoms with E-state index in [9.17, 15) is 9.90 Å². The van der Waals surface area contributed by atoms with Gasteiger partial charge in [-0.1, -0.05) is 18.2 Å². The van der Waals surface area contributed by atoms with Crippen molar-refractivity contribution in [1.29, 1.82) is 0 Å². The molecule has 2 aromatic rings. The highest BCUT2D eigenvalue weighted by Gasteiger charge is 2.36. The van der Waals surface area contributed by atoms with Crippen molar-refractivity contribution in [3.8, 4) is 5.75 Å². The molecule has 1 spiro atoms. The highest BCUT2D eigenvalue weighted by atomic mass is 16.3. The summed E-state index contributed by atoms with van der Waals surface area (Å²) >= 11 is 0. The number of benzene rings is 1. The average Bonchev–Trinajstić information content (AvgIpc) is 2.74. The number of hydrogen-bond acceptors (Lipinski definition) is 4. The van der Waals surface area contributed by atoms with E-state index in [4.69, 9.17) is 0 Å². The predicted molar refractivity (Wildman–Crippen MR) is 115 cm³/mol. The second kappa shape index (κ2) is 7.99. The lowest BCUT2D eigenvalue weighted by Crippen LogP contribution is -2.38. The minimum atomic E-state index is 0.00439. The number of piperidine rings is 1. The molecule has 2 N–H and O–H groups in total. The number of nitrogens with zero attached hydrogens (tertiary/aromatic N) is 2. The highest BCUT2D eigenvalue weighted by molar-refractivity contribution is 5.94. The predicted octanol–water partition coefficient (Wildman–Crippen LogP) is 3.63. The second-order valence-corrected chi connectivity index (χ2v) is 8.07. The molecule has 152 valence electrons. The summed E-state index contributed by atoms with van der Waals surface area (Å²) < 4.78 is 0. The van der Waals surface area contributed by atoms with Crippen LogP contribution in [0.5, 0.6) is 5.75 Å². The van der Waals surface area contributed by atoms with E-state index < -0.39 is 0 Å². The number of amides is 1. The first-order valence-corrected chi connectivity index (χ1v) is 10.6. The molecule has 0 bridgehead atoms. The largest absolute Gasteiger partial charge is 0.507 e. The van der Waals surface area contributed by atoms with Crippen LogP contribution >= 0.6 is 0 Å². The maximum atomic E-state index is 12.6. The Kier molecular flexibility index (Phi) is 5.41. The Balaban J connectivity index is 1.74. The summed E-state index contributed by atoms with van der Waals surface area (Å²) in [4.78, 5) is 19.1. The van der Waals surface area contributed by atoms with Gasteiger partial charge in [-0.25, -0.2) is 0 Å². The zero-order chi connectivity index (χ0) is 20.4. The van der Waals surface area contributed by atoms with Crippen LogP contribution in [0.25, 0.3) is 5.57 Å². The maximum absolute atomic E-state index is 12.6. The third-order valence-corrected chi connectivity index (χ3v) is 6.33. The zero-order valence-corrected chi connectivity index (χ0v) is 17.2. The van der Waals surface area contributed by atoms with Gasteiger partial charge < -0.3 is 15.3 Å². The molecule has 1 amide bonds. The minimum Gasteiger partial charge on any atom is -0.507 e. The first-order chi connectivity index (χ1) is 14.1. The van der Waals surface area contributed by atoms with Crippen LogP contribution in [0.4, 0.5) is 0 Å². The molecule has 0 unspecified atom stereocenters. The Morgan fingerprint density at radius 1 is 1.17 bits per heavy atom. The minimum absolute atomic E-state index is 0.00439. The van der Waals surface area contributed by atoms with Gasteiger partial charge in [-0.3, -0.25) is 9.78 Å². The summed E-state index contributed by atoms with van der Waals surface area (Å²) in [6.07, 6.45) is 7.08. The van der Waals surface area contributed by atoms with E-state index in [0.29, 0.717) is 24.4 Å². The number of phenolic OH excluding ortho intramolecular Hbond substituents is 1. The SMILES string of the molecule is CCN(CC)C(=O)c1ccc(C2=CC3(CCNCC3)Cc3cccc(O)c32)nc1. The van der Waals surface area contributed by atoms with Gasteiger partial charge in [0.15, 0.2) is 0 Å². The van der Waals surface area contributed by atoms with Gasteiger partial charge in [0, 0.05) is 30.4 Å². The Morgan fingerprint density at radius 3 is 2.59 bits per heavy atom. The van der Waals surface area contributed by atoms with Crippen LogP contribution in [0.2, 0.25) is 0 Å². The fourth-order valence-electron chi connectivity index (χ4n) is 4.67. The van der Waals surface area contributed by atoms with E-state index in [1.54, 1.807) is 17.2 Å². The van der Waals surface area contributed by atoms with E-state index in [2.05, 4.69) is 22.4 Å². The molecular formula is C24H29N3O2. The first kappa shape index (κ1) is 19.6. The molecule has 1 aromatic heterocycles. The standard InChI is InChI=1S/C24H29N3O2/c1-3-27(4-2)23(29)18-8-9-20(26-16-18)19-15-24(10-12-25-13-11-24)14-17-6-5-7-21(28)22(17)19/h5-9,15-16,25,28H,3-4,10-14H2,1-2H3. The van der Waals surface area contributed by atoms with Crippen LogP contribution in [-0.4, -0.2) is 47.1 Å². The van der Waals surface area contributed by atoms with Crippen molar-refractivity contribution < 1.29 is 9.90 Å². The average molecular weight is 392 g/mol. The Hall–Kier alpha value is -2.66. The van der Waals surface area contributed by atoms with Gasteiger partial charge in [0.25, 0.3) is 5.91 Å². The molecule has 0 radical (unpaired) electrons. The molecule has 1 fully saturated rings. The van der Waals surface area contributed by atoms with Crippen molar-refractivity contribution in [3.63, 3.8) is 0 Å². The number of nitrogens with one attached hydrogen (secondary N) is 1. The third-order valence-electron chi connectivity index (χ3n) is 6.33. The van der Waals surface area contributed by atoms with Crippen molar-refractivity contribution in [2.45, 2.75) is 33.1 Å². The topological polar surface area (TPSA) is 65.5 Å². The summed E-state index contributed by atoms with van der Waals surface area (Å²) in [6.45, 7) is 7.33. The molecule has 2 aliphatic rings. The monoisotopic (exact) mass is 391 g/mol. The van der Waals surface area contributed by atoms with E-state index in [1.807, 2.05) is 32.0 Å². The molecule has 5 nitrogen and oxygen atoms in total. The number of carbonyl (C=O) groups is 1. The smallest absolute Gasteiger partial charge is 0.255 e. The van der Waals surface area contributed by atoms with E-state index in [1.165, 1.54) is 5.56 Å². The molecule has 4 rings (SSSR count). The van der Waals surface area contributed by atoms with Crippen molar-refractivity contribution in [2.24, 2.45) is 5.41 Å². The number of fused-ring (bicyclic) bond motifs is 1. The van der Waals surface area contributed by atoms with Crippen LogP contribution in [0.3, 0.4) is 0 Å². The summed E-state index contributed by atoms with van der Waals surface area (Å²) in [7, 11) is 0. The lowest BCUT2D eigenvalue weighted by Gasteiger charge is -2.39. The van der Waals surface area contributed by atoms with Crippen LogP contribution in [0.15, 0.2) is 42.6 Å². The van der Waals surface area contributed by atoms with Crippen LogP contribution in [-0.2, 0) is 6.42 Å². The number of rotatable bonds is 4. The molecule has 2 heterocycles. The molecule has 0 saturated carbocycles. The van der Waals surface area contributed by atoms with Gasteiger partial charge in [-0.05, 0) is 75.4 Å². The quantitative estimate of drug-likeness (QED) is 0.835. The highest BCUT2D eigenvalue weighted by Crippen LogP contribution is 2.46. The number of carbonyl (C=O) groups excluding carboxylic acids is 1. The van der Waals surface area contributed by atoms with Gasteiger partial charge in [-0.15, -0.1) is 0 Å². The summed E-state index contributed by atoms with van der Waals surface area (Å²) in [5, 5.41) is 14.1. The van der Waals surface area contributed by atoms with Crippen LogP contribution in [0, 0.1) is 5.41 Å². The van der Waals surface area contributed by atoms with Crippen molar-refractivity contribution in [2.75, 3.05) is 26.2 Å². The molecule has 5 heteroatoms. The molecule has 1 saturated heterocycles. The maximum Gasteiger partial charge on any atom is 0.255 e. The van der Waals surface area contributed by atoms with Crippen LogP contribution in [0.1, 0.15) is 53.9 Å². The molecule has 1 aliphatic heterocycles. The number of aromatic nitrogens is 1. The molecule has 29 heavy (non-hydrogen) atoms.